The molecule has 0 atom stereocenters. The van der Waals surface area contributed by atoms with Crippen LogP contribution in [0.25, 0.3) is 22.6 Å². The lowest BCUT2D eigenvalue weighted by Gasteiger charge is -2.18. The maximum absolute atomic E-state index is 12.3. The van der Waals surface area contributed by atoms with Crippen LogP contribution in [0.4, 0.5) is 0 Å². The molecular formula is C23H21N5O6. The number of nitrogens with one attached hydrogen (secondary N) is 2. The number of hydrogen-bond donors (Lipinski definition) is 4. The second-order valence-corrected chi connectivity index (χ2v) is 7.90. The van der Waals surface area contributed by atoms with E-state index in [0.29, 0.717) is 29.7 Å². The summed E-state index contributed by atoms with van der Waals surface area (Å²) in [5.41, 5.74) is 2.05. The highest BCUT2D eigenvalue weighted by Gasteiger charge is 2.19. The zero-order valence-electron chi connectivity index (χ0n) is 18.4. The van der Waals surface area contributed by atoms with Gasteiger partial charge in [0, 0.05) is 19.6 Å². The molecule has 0 amide bonds. The zero-order chi connectivity index (χ0) is 24.6. The van der Waals surface area contributed by atoms with E-state index in [1.54, 1.807) is 10.6 Å². The first-order valence-electron chi connectivity index (χ1n) is 10.4. The minimum Gasteiger partial charge on any atom is -0.478 e. The van der Waals surface area contributed by atoms with E-state index in [1.807, 2.05) is 26.0 Å². The number of carbonyl (C=O) groups is 2. The van der Waals surface area contributed by atoms with Crippen LogP contribution in [0.3, 0.4) is 0 Å². The number of H-pyrrole nitrogens is 1. The summed E-state index contributed by atoms with van der Waals surface area (Å²) < 4.78 is 1.75. The number of hydrogen-bond acceptors (Lipinski definition) is 7. The third-order valence-electron chi connectivity index (χ3n) is 5.61. The quantitative estimate of drug-likeness (QED) is 0.234. The molecule has 0 spiro atoms. The highest BCUT2D eigenvalue weighted by atomic mass is 16.4. The summed E-state index contributed by atoms with van der Waals surface area (Å²) in [6.45, 7) is 4.90. The first-order valence-corrected chi connectivity index (χ1v) is 10.4. The molecule has 2 aromatic carbocycles. The number of carboxylic acid groups (broad SMARTS) is 2. The van der Waals surface area contributed by atoms with E-state index in [-0.39, 0.29) is 29.2 Å². The van der Waals surface area contributed by atoms with Crippen molar-refractivity contribution in [2.24, 2.45) is 0 Å². The van der Waals surface area contributed by atoms with E-state index >= 15 is 0 Å². The SMILES string of the molecule is Cc1cc2nc3c(=O)[nH]c(=O)nc-3n(CCNCc3ccc(C(=O)O)c(C(=O)O)c3)c2cc1C. The molecule has 34 heavy (non-hydrogen) atoms. The van der Waals surface area contributed by atoms with Crippen molar-refractivity contribution in [3.63, 3.8) is 0 Å². The van der Waals surface area contributed by atoms with Gasteiger partial charge in [-0.05, 0) is 54.8 Å². The number of nitrogens with zero attached hydrogens (tertiary/aromatic N) is 3. The number of aromatic amines is 1. The topological polar surface area (TPSA) is 167 Å². The largest absolute Gasteiger partial charge is 0.478 e. The summed E-state index contributed by atoms with van der Waals surface area (Å²) in [6, 6.07) is 7.92. The van der Waals surface area contributed by atoms with Crippen LogP contribution in [0.15, 0.2) is 39.9 Å². The summed E-state index contributed by atoms with van der Waals surface area (Å²) in [6.07, 6.45) is 0. The van der Waals surface area contributed by atoms with E-state index in [1.165, 1.54) is 12.1 Å². The van der Waals surface area contributed by atoms with Crippen LogP contribution < -0.4 is 16.6 Å². The van der Waals surface area contributed by atoms with Crippen molar-refractivity contribution in [3.8, 4) is 11.5 Å². The minimum atomic E-state index is -1.32. The Kier molecular flexibility index (Phi) is 5.95. The number of benzene rings is 2. The summed E-state index contributed by atoms with van der Waals surface area (Å²) >= 11 is 0. The molecule has 0 fully saturated rings. The van der Waals surface area contributed by atoms with Gasteiger partial charge in [0.25, 0.3) is 5.56 Å². The Morgan fingerprint density at radius 2 is 1.71 bits per heavy atom. The minimum absolute atomic E-state index is 0.0608. The molecular weight excluding hydrogens is 442 g/mol. The molecule has 11 nitrogen and oxygen atoms in total. The molecule has 0 bridgehead atoms. The van der Waals surface area contributed by atoms with Crippen molar-refractivity contribution in [1.29, 1.82) is 0 Å². The lowest BCUT2D eigenvalue weighted by atomic mass is 10.0. The fraction of sp³-hybridized carbons (Fsp3) is 0.217. The van der Waals surface area contributed by atoms with Crippen molar-refractivity contribution < 1.29 is 19.8 Å². The van der Waals surface area contributed by atoms with Gasteiger partial charge in [-0.15, -0.1) is 0 Å². The predicted octanol–water partition coefficient (Wildman–Crippen LogP) is 1.39. The van der Waals surface area contributed by atoms with Gasteiger partial charge in [-0.2, -0.15) is 4.98 Å². The molecule has 4 rings (SSSR count). The Morgan fingerprint density at radius 1 is 1.00 bits per heavy atom. The van der Waals surface area contributed by atoms with E-state index in [2.05, 4.69) is 20.3 Å². The molecule has 0 saturated carbocycles. The van der Waals surface area contributed by atoms with Gasteiger partial charge in [0.2, 0.25) is 0 Å². The van der Waals surface area contributed by atoms with E-state index in [0.717, 1.165) is 11.1 Å². The van der Waals surface area contributed by atoms with Crippen LogP contribution in [0, 0.1) is 13.8 Å². The first-order chi connectivity index (χ1) is 16.2. The molecule has 0 aliphatic carbocycles. The Hall–Kier alpha value is -4.38. The molecule has 2 heterocycles. The first kappa shape index (κ1) is 22.8. The summed E-state index contributed by atoms with van der Waals surface area (Å²) in [7, 11) is 0. The van der Waals surface area contributed by atoms with Gasteiger partial charge in [0.05, 0.1) is 22.2 Å². The molecule has 2 aliphatic rings. The number of rotatable bonds is 7. The standard InChI is InChI=1S/C23H21N5O6/c1-11-7-16-17(8-12(11)2)28(19-18(25-16)20(29)27-23(34)26-19)6-5-24-10-13-3-4-14(21(30)31)15(9-13)22(32)33/h3-4,7-9,24H,5-6,10H2,1-2H3,(H,30,31)(H,32,33)(H,27,29,34). The van der Waals surface area contributed by atoms with Gasteiger partial charge in [-0.3, -0.25) is 9.78 Å². The number of aromatic nitrogens is 4. The van der Waals surface area contributed by atoms with Gasteiger partial charge in [0.1, 0.15) is 0 Å². The van der Waals surface area contributed by atoms with E-state index in [9.17, 15) is 24.3 Å². The summed E-state index contributed by atoms with van der Waals surface area (Å²) in [4.78, 5) is 57.4. The Labute approximate surface area is 192 Å². The third-order valence-corrected chi connectivity index (χ3v) is 5.61. The summed E-state index contributed by atoms with van der Waals surface area (Å²) in [5, 5.41) is 21.6. The Balaban J connectivity index is 1.63. The molecule has 11 heteroatoms. The molecule has 0 saturated heterocycles. The Bertz CT molecular complexity index is 1540. The average molecular weight is 463 g/mol. The molecule has 0 aromatic heterocycles. The fourth-order valence-electron chi connectivity index (χ4n) is 3.76. The second-order valence-electron chi connectivity index (χ2n) is 7.90. The normalized spacial score (nSPS) is 11.2. The third kappa shape index (κ3) is 4.28. The van der Waals surface area contributed by atoms with Crippen LogP contribution in [0.5, 0.6) is 0 Å². The zero-order valence-corrected chi connectivity index (χ0v) is 18.4. The summed E-state index contributed by atoms with van der Waals surface area (Å²) in [5.74, 6) is -2.46. The van der Waals surface area contributed by atoms with Crippen molar-refractivity contribution in [1.82, 2.24) is 24.8 Å². The van der Waals surface area contributed by atoms with E-state index < -0.39 is 23.2 Å². The van der Waals surface area contributed by atoms with Crippen molar-refractivity contribution in [2.45, 2.75) is 26.9 Å². The van der Waals surface area contributed by atoms with Gasteiger partial charge < -0.3 is 20.1 Å². The van der Waals surface area contributed by atoms with Crippen molar-refractivity contribution in [3.05, 3.63) is 79.0 Å². The van der Waals surface area contributed by atoms with Crippen LogP contribution in [-0.4, -0.2) is 48.2 Å². The smallest absolute Gasteiger partial charge is 0.349 e. The van der Waals surface area contributed by atoms with Gasteiger partial charge >= 0.3 is 17.6 Å². The number of aromatic carboxylic acids is 2. The molecule has 0 radical (unpaired) electrons. The highest BCUT2D eigenvalue weighted by molar-refractivity contribution is 6.01. The van der Waals surface area contributed by atoms with Crippen LogP contribution >= 0.6 is 0 Å². The van der Waals surface area contributed by atoms with Gasteiger partial charge in [-0.1, -0.05) is 6.07 Å². The Morgan fingerprint density at radius 3 is 2.41 bits per heavy atom. The van der Waals surface area contributed by atoms with Gasteiger partial charge in [0.15, 0.2) is 11.5 Å². The highest BCUT2D eigenvalue weighted by Crippen LogP contribution is 2.23. The van der Waals surface area contributed by atoms with Crippen LogP contribution in [0.1, 0.15) is 37.4 Å². The van der Waals surface area contributed by atoms with Crippen molar-refractivity contribution in [2.75, 3.05) is 6.54 Å². The predicted molar refractivity (Wildman–Crippen MR) is 123 cm³/mol. The van der Waals surface area contributed by atoms with Gasteiger partial charge in [-0.25, -0.2) is 19.4 Å². The van der Waals surface area contributed by atoms with Crippen LogP contribution in [0.2, 0.25) is 0 Å². The molecule has 2 aliphatic heterocycles. The number of fused-ring (bicyclic) bond motifs is 2. The monoisotopic (exact) mass is 463 g/mol. The maximum Gasteiger partial charge on any atom is 0.349 e. The lowest BCUT2D eigenvalue weighted by Crippen LogP contribution is -2.30. The average Bonchev–Trinajstić information content (AvgIpc) is 2.77. The lowest BCUT2D eigenvalue weighted by molar-refractivity contribution is 0.0651. The molecule has 2 aromatic rings. The van der Waals surface area contributed by atoms with E-state index in [4.69, 9.17) is 5.11 Å². The molecule has 4 N–H and O–H groups in total. The number of carboxylic acids is 2. The maximum atomic E-state index is 12.3. The second kappa shape index (κ2) is 8.87. The number of aryl methyl sites for hydroxylation is 2. The molecule has 0 unspecified atom stereocenters. The fourth-order valence-corrected chi connectivity index (χ4v) is 3.76. The van der Waals surface area contributed by atoms with Crippen LogP contribution in [-0.2, 0) is 13.1 Å². The molecule has 174 valence electrons. The van der Waals surface area contributed by atoms with Crippen molar-refractivity contribution >= 4 is 23.0 Å².